The highest BCUT2D eigenvalue weighted by Gasteiger charge is 2.16. The van der Waals surface area contributed by atoms with Crippen LogP contribution < -0.4 is 28.2 Å². The molecule has 0 aliphatic heterocycles. The van der Waals surface area contributed by atoms with Crippen molar-refractivity contribution in [3.05, 3.63) is 81.1 Å². The molecule has 1 aliphatic rings. The fraction of sp³-hybridized carbons (Fsp3) is 0.441. The first-order valence-corrected chi connectivity index (χ1v) is 16.3. The number of H-pyrrole nitrogens is 1. The van der Waals surface area contributed by atoms with Crippen LogP contribution in [-0.2, 0) is 6.42 Å². The topological polar surface area (TPSA) is 153 Å². The molecule has 2 atom stereocenters. The molecule has 1 aliphatic carbocycles. The third kappa shape index (κ3) is 10.1. The summed E-state index contributed by atoms with van der Waals surface area (Å²) in [6, 6.07) is 13.4. The summed E-state index contributed by atoms with van der Waals surface area (Å²) in [7, 11) is 0. The minimum atomic E-state index is -0.517. The van der Waals surface area contributed by atoms with E-state index in [1.54, 1.807) is 24.4 Å². The Morgan fingerprint density at radius 2 is 1.87 bits per heavy atom. The molecule has 4 aromatic rings. The summed E-state index contributed by atoms with van der Waals surface area (Å²) in [5.41, 5.74) is 20.2. The van der Waals surface area contributed by atoms with Gasteiger partial charge in [-0.25, -0.2) is 9.18 Å². The SMILES string of the molecule is C1CC1.CCCC(NCCCN=C(N)N)c1ccc(-n2cc3cc(-c4cc(CCCC(C)N)cc(Cl)c4F)[nH]c3nc2=O)cc1. The van der Waals surface area contributed by atoms with Crippen LogP contribution in [0.5, 0.6) is 0 Å². The van der Waals surface area contributed by atoms with Crippen molar-refractivity contribution >= 4 is 28.6 Å². The van der Waals surface area contributed by atoms with Crippen LogP contribution in [0.25, 0.3) is 28.0 Å². The van der Waals surface area contributed by atoms with Crippen molar-refractivity contribution in [2.75, 3.05) is 13.1 Å². The van der Waals surface area contributed by atoms with Gasteiger partial charge in [-0.1, -0.05) is 56.3 Å². The lowest BCUT2D eigenvalue weighted by molar-refractivity contribution is 0.490. The summed E-state index contributed by atoms with van der Waals surface area (Å²) in [6.45, 7) is 5.46. The van der Waals surface area contributed by atoms with Gasteiger partial charge in [0, 0.05) is 35.8 Å². The maximum Gasteiger partial charge on any atom is 0.354 e. The lowest BCUT2D eigenvalue weighted by Crippen LogP contribution is -2.25. The second-order valence-corrected chi connectivity index (χ2v) is 12.2. The molecular weight excluding hydrogens is 591 g/mol. The third-order valence-corrected chi connectivity index (χ3v) is 7.81. The Morgan fingerprint density at radius 3 is 2.51 bits per heavy atom. The van der Waals surface area contributed by atoms with Gasteiger partial charge in [0.05, 0.1) is 16.4 Å². The highest BCUT2D eigenvalue weighted by molar-refractivity contribution is 6.31. The number of fused-ring (bicyclic) bond motifs is 1. The Balaban J connectivity index is 0.00000145. The Hall–Kier alpha value is -3.73. The highest BCUT2D eigenvalue weighted by atomic mass is 35.5. The van der Waals surface area contributed by atoms with E-state index in [0.717, 1.165) is 56.2 Å². The molecule has 0 radical (unpaired) electrons. The van der Waals surface area contributed by atoms with Gasteiger partial charge in [0.1, 0.15) is 5.65 Å². The van der Waals surface area contributed by atoms with Crippen molar-refractivity contribution in [1.29, 1.82) is 0 Å². The van der Waals surface area contributed by atoms with Crippen molar-refractivity contribution in [2.24, 2.45) is 22.2 Å². The van der Waals surface area contributed by atoms with Gasteiger partial charge < -0.3 is 27.5 Å². The molecule has 8 N–H and O–H groups in total. The van der Waals surface area contributed by atoms with Gasteiger partial charge in [-0.2, -0.15) is 4.98 Å². The second-order valence-electron chi connectivity index (χ2n) is 11.8. The van der Waals surface area contributed by atoms with Crippen LogP contribution in [0.1, 0.15) is 82.4 Å². The third-order valence-electron chi connectivity index (χ3n) is 7.54. The summed E-state index contributed by atoms with van der Waals surface area (Å²) in [5, 5.41) is 4.30. The van der Waals surface area contributed by atoms with E-state index in [-0.39, 0.29) is 23.1 Å². The van der Waals surface area contributed by atoms with Crippen molar-refractivity contribution in [1.82, 2.24) is 19.9 Å². The van der Waals surface area contributed by atoms with Gasteiger partial charge in [0.25, 0.3) is 0 Å². The Morgan fingerprint density at radius 1 is 1.13 bits per heavy atom. The largest absolute Gasteiger partial charge is 0.370 e. The lowest BCUT2D eigenvalue weighted by Gasteiger charge is -2.19. The quantitative estimate of drug-likeness (QED) is 0.0640. The van der Waals surface area contributed by atoms with Crippen LogP contribution in [0.4, 0.5) is 4.39 Å². The van der Waals surface area contributed by atoms with E-state index in [0.29, 0.717) is 34.5 Å². The number of aromatic amines is 1. The summed E-state index contributed by atoms with van der Waals surface area (Å²) < 4.78 is 16.6. The van der Waals surface area contributed by atoms with Gasteiger partial charge in [-0.3, -0.25) is 9.56 Å². The van der Waals surface area contributed by atoms with Crippen molar-refractivity contribution in [2.45, 2.75) is 83.7 Å². The number of hydrogen-bond donors (Lipinski definition) is 5. The summed E-state index contributed by atoms with van der Waals surface area (Å²) in [4.78, 5) is 24.4. The summed E-state index contributed by atoms with van der Waals surface area (Å²) >= 11 is 6.25. The first-order chi connectivity index (χ1) is 21.7. The molecule has 2 aromatic carbocycles. The number of guanidine groups is 1. The number of aliphatic imine (C=N–C) groups is 1. The first-order valence-electron chi connectivity index (χ1n) is 15.9. The number of hydrogen-bond acceptors (Lipinski definition) is 5. The van der Waals surface area contributed by atoms with Crippen LogP contribution in [0.15, 0.2) is 58.4 Å². The highest BCUT2D eigenvalue weighted by Crippen LogP contribution is 2.31. The van der Waals surface area contributed by atoms with Gasteiger partial charge in [-0.15, -0.1) is 0 Å². The summed E-state index contributed by atoms with van der Waals surface area (Å²) in [6.07, 6.45) is 11.5. The average molecular weight is 637 g/mol. The number of nitrogens with zero attached hydrogens (tertiary/aromatic N) is 3. The van der Waals surface area contributed by atoms with Crippen LogP contribution in [0.2, 0.25) is 5.02 Å². The number of aryl methyl sites for hydroxylation is 1. The molecular formula is C34H46ClFN8O. The number of nitrogens with one attached hydrogen (secondary N) is 2. The molecule has 0 bridgehead atoms. The van der Waals surface area contributed by atoms with Crippen LogP contribution in [0, 0.1) is 5.82 Å². The van der Waals surface area contributed by atoms with Crippen LogP contribution in [0.3, 0.4) is 0 Å². The van der Waals surface area contributed by atoms with E-state index in [1.807, 2.05) is 31.2 Å². The average Bonchev–Trinajstić information content (AvgIpc) is 3.84. The number of halogens is 2. The monoisotopic (exact) mass is 636 g/mol. The molecule has 2 heterocycles. The molecule has 1 fully saturated rings. The lowest BCUT2D eigenvalue weighted by atomic mass is 10.0. The fourth-order valence-corrected chi connectivity index (χ4v) is 5.29. The van der Waals surface area contributed by atoms with Gasteiger partial charge in [-0.05, 0) is 87.0 Å². The number of benzene rings is 2. The normalized spacial score (nSPS) is 13.6. The molecule has 1 saturated carbocycles. The molecule has 5 rings (SSSR count). The van der Waals surface area contributed by atoms with Crippen molar-refractivity contribution in [3.63, 3.8) is 0 Å². The molecule has 0 spiro atoms. The predicted octanol–water partition coefficient (Wildman–Crippen LogP) is 6.11. The molecule has 9 nitrogen and oxygen atoms in total. The fourth-order valence-electron chi connectivity index (χ4n) is 5.04. The zero-order valence-corrected chi connectivity index (χ0v) is 27.0. The maximum atomic E-state index is 15.1. The molecule has 2 unspecified atom stereocenters. The van der Waals surface area contributed by atoms with E-state index in [9.17, 15) is 4.79 Å². The Bertz CT molecular complexity index is 1620. The van der Waals surface area contributed by atoms with Crippen molar-refractivity contribution in [3.8, 4) is 16.9 Å². The zero-order valence-electron chi connectivity index (χ0n) is 26.3. The Kier molecular flexibility index (Phi) is 12.6. The van der Waals surface area contributed by atoms with E-state index in [2.05, 4.69) is 27.2 Å². The molecule has 45 heavy (non-hydrogen) atoms. The van der Waals surface area contributed by atoms with Gasteiger partial charge >= 0.3 is 5.69 Å². The molecule has 0 saturated heterocycles. The zero-order chi connectivity index (χ0) is 32.3. The van der Waals surface area contributed by atoms with E-state index in [4.69, 9.17) is 28.8 Å². The maximum absolute atomic E-state index is 15.1. The smallest absolute Gasteiger partial charge is 0.354 e. The van der Waals surface area contributed by atoms with E-state index >= 15 is 4.39 Å². The minimum absolute atomic E-state index is 0.0548. The standard InChI is InChI=1S/C31H40ClFN8O.C3H6/c1-3-6-26(37-13-5-14-38-30(35)36)21-9-11-23(12-10-21)41-18-22-17-27(39-29(22)40-31(41)42)24-15-20(8-4-7-19(2)34)16-25(32)28(24)33;1-2-3-1/h9-12,15-19,26,37H,3-8,13-14,34H2,1-2H3,(H4,35,36,38)(H,39,40,42);1-3H2. The molecule has 11 heteroatoms. The van der Waals surface area contributed by atoms with Crippen LogP contribution in [-0.4, -0.2) is 39.6 Å². The van der Waals surface area contributed by atoms with E-state index in [1.165, 1.54) is 23.8 Å². The first kappa shape index (κ1) is 34.1. The number of aromatic nitrogens is 3. The van der Waals surface area contributed by atoms with Crippen molar-refractivity contribution < 1.29 is 4.39 Å². The molecule has 2 aromatic heterocycles. The Labute approximate surface area is 269 Å². The number of nitrogens with two attached hydrogens (primary N) is 3. The van der Waals surface area contributed by atoms with Gasteiger partial charge in [0.15, 0.2) is 11.8 Å². The molecule has 242 valence electrons. The number of rotatable bonds is 14. The van der Waals surface area contributed by atoms with Crippen LogP contribution >= 0.6 is 11.6 Å². The molecule has 0 amide bonds. The second kappa shape index (κ2) is 16.5. The minimum Gasteiger partial charge on any atom is -0.370 e. The summed E-state index contributed by atoms with van der Waals surface area (Å²) in [5.74, 6) is -0.416. The predicted molar refractivity (Wildman–Crippen MR) is 183 cm³/mol. The van der Waals surface area contributed by atoms with E-state index < -0.39 is 11.5 Å². The van der Waals surface area contributed by atoms with Gasteiger partial charge in [0.2, 0.25) is 0 Å².